The van der Waals surface area contributed by atoms with Crippen LogP contribution in [0.5, 0.6) is 5.75 Å². The average molecular weight is 237 g/mol. The summed E-state index contributed by atoms with van der Waals surface area (Å²) < 4.78 is 5.49. The summed E-state index contributed by atoms with van der Waals surface area (Å²) in [6.07, 6.45) is 0.443. The van der Waals surface area contributed by atoms with Gasteiger partial charge in [0.1, 0.15) is 11.8 Å². The Bertz CT molecular complexity index is 377. The van der Waals surface area contributed by atoms with Crippen LogP contribution in [0, 0.1) is 0 Å². The van der Waals surface area contributed by atoms with Crippen LogP contribution in [0.25, 0.3) is 0 Å². The lowest BCUT2D eigenvalue weighted by Gasteiger charge is -2.21. The number of rotatable bonds is 6. The van der Waals surface area contributed by atoms with E-state index >= 15 is 0 Å². The number of carboxylic acid groups (broad SMARTS) is 1. The Hall–Kier alpha value is -1.55. The van der Waals surface area contributed by atoms with Gasteiger partial charge < -0.3 is 9.84 Å². The Morgan fingerprint density at radius 3 is 2.59 bits per heavy atom. The molecule has 1 N–H and O–H groups in total. The highest BCUT2D eigenvalue weighted by molar-refractivity contribution is 5.74. The number of carboxylic acids is 1. The van der Waals surface area contributed by atoms with Crippen LogP contribution in [0.1, 0.15) is 12.5 Å². The van der Waals surface area contributed by atoms with Crippen molar-refractivity contribution in [3.63, 3.8) is 0 Å². The summed E-state index contributed by atoms with van der Waals surface area (Å²) in [6.45, 7) is 2.49. The molecule has 0 aromatic heterocycles. The first-order valence-corrected chi connectivity index (χ1v) is 5.66. The maximum atomic E-state index is 11.1. The predicted molar refractivity (Wildman–Crippen MR) is 66.4 cm³/mol. The molecule has 94 valence electrons. The van der Waals surface area contributed by atoms with Crippen molar-refractivity contribution in [1.29, 1.82) is 0 Å². The van der Waals surface area contributed by atoms with Crippen molar-refractivity contribution in [3.8, 4) is 5.75 Å². The molecule has 0 heterocycles. The Morgan fingerprint density at radius 2 is 2.06 bits per heavy atom. The van der Waals surface area contributed by atoms with E-state index in [0.717, 1.165) is 11.3 Å². The standard InChI is InChI=1S/C13H19NO3/c1-4-17-12-8-6-5-7-10(12)9-11(13(15)16)14(2)3/h5-8,11H,4,9H2,1-3H3,(H,15,16). The normalized spacial score (nSPS) is 12.5. The molecule has 0 saturated heterocycles. The highest BCUT2D eigenvalue weighted by atomic mass is 16.5. The van der Waals surface area contributed by atoms with Gasteiger partial charge in [-0.15, -0.1) is 0 Å². The zero-order valence-electron chi connectivity index (χ0n) is 10.5. The molecule has 1 rings (SSSR count). The summed E-state index contributed by atoms with van der Waals surface area (Å²) in [4.78, 5) is 12.8. The van der Waals surface area contributed by atoms with E-state index in [-0.39, 0.29) is 0 Å². The Kier molecular flexibility index (Phi) is 4.97. The van der Waals surface area contributed by atoms with Crippen LogP contribution < -0.4 is 4.74 Å². The Balaban J connectivity index is 2.88. The van der Waals surface area contributed by atoms with Crippen molar-refractivity contribution in [2.24, 2.45) is 0 Å². The molecule has 0 aliphatic carbocycles. The van der Waals surface area contributed by atoms with Crippen LogP contribution in [-0.2, 0) is 11.2 Å². The number of hydrogen-bond acceptors (Lipinski definition) is 3. The lowest BCUT2D eigenvalue weighted by Crippen LogP contribution is -2.37. The second-order valence-electron chi connectivity index (χ2n) is 4.06. The largest absolute Gasteiger partial charge is 0.494 e. The van der Waals surface area contributed by atoms with Crippen LogP contribution in [0.3, 0.4) is 0 Å². The fraction of sp³-hybridized carbons (Fsp3) is 0.462. The first-order valence-electron chi connectivity index (χ1n) is 5.66. The predicted octanol–water partition coefficient (Wildman–Crippen LogP) is 1.64. The number of nitrogens with zero attached hydrogens (tertiary/aromatic N) is 1. The third-order valence-electron chi connectivity index (χ3n) is 2.59. The number of hydrogen-bond donors (Lipinski definition) is 1. The maximum absolute atomic E-state index is 11.1. The van der Waals surface area contributed by atoms with Crippen LogP contribution in [0.4, 0.5) is 0 Å². The fourth-order valence-electron chi connectivity index (χ4n) is 1.67. The minimum atomic E-state index is -0.818. The molecule has 0 aliphatic heterocycles. The number of carbonyl (C=O) groups is 1. The van der Waals surface area contributed by atoms with E-state index in [1.807, 2.05) is 31.2 Å². The third-order valence-corrected chi connectivity index (χ3v) is 2.59. The molecule has 0 radical (unpaired) electrons. The molecule has 4 nitrogen and oxygen atoms in total. The van der Waals surface area contributed by atoms with Gasteiger partial charge in [-0.2, -0.15) is 0 Å². The average Bonchev–Trinajstić information content (AvgIpc) is 2.27. The molecule has 1 unspecified atom stereocenters. The van der Waals surface area contributed by atoms with E-state index in [0.29, 0.717) is 13.0 Å². The number of ether oxygens (including phenoxy) is 1. The molecule has 4 heteroatoms. The van der Waals surface area contributed by atoms with E-state index in [4.69, 9.17) is 9.84 Å². The second kappa shape index (κ2) is 6.25. The van der Waals surface area contributed by atoms with Gasteiger partial charge in [0.25, 0.3) is 0 Å². The molecule has 17 heavy (non-hydrogen) atoms. The summed E-state index contributed by atoms with van der Waals surface area (Å²) in [5.41, 5.74) is 0.926. The number of likely N-dealkylation sites (N-methyl/N-ethyl adjacent to an activating group) is 1. The van der Waals surface area contributed by atoms with Gasteiger partial charge in [0, 0.05) is 6.42 Å². The monoisotopic (exact) mass is 237 g/mol. The molecule has 1 aromatic rings. The summed E-state index contributed by atoms with van der Waals surface area (Å²) in [5, 5.41) is 9.14. The summed E-state index contributed by atoms with van der Waals surface area (Å²) in [5.74, 6) is -0.0515. The lowest BCUT2D eigenvalue weighted by atomic mass is 10.0. The van der Waals surface area contributed by atoms with Gasteiger partial charge in [-0.25, -0.2) is 0 Å². The second-order valence-corrected chi connectivity index (χ2v) is 4.06. The fourth-order valence-corrected chi connectivity index (χ4v) is 1.67. The zero-order valence-corrected chi connectivity index (χ0v) is 10.5. The van der Waals surface area contributed by atoms with E-state index in [1.54, 1.807) is 19.0 Å². The minimum absolute atomic E-state index is 0.443. The SMILES string of the molecule is CCOc1ccccc1CC(C(=O)O)N(C)C. The molecule has 0 aliphatic rings. The zero-order chi connectivity index (χ0) is 12.8. The first-order chi connectivity index (χ1) is 8.06. The van der Waals surface area contributed by atoms with Crippen molar-refractivity contribution >= 4 is 5.97 Å². The first kappa shape index (κ1) is 13.5. The molecule has 1 atom stereocenters. The van der Waals surface area contributed by atoms with E-state index in [9.17, 15) is 4.79 Å². The topological polar surface area (TPSA) is 49.8 Å². The molecule has 0 saturated carbocycles. The van der Waals surface area contributed by atoms with Gasteiger partial charge in [-0.3, -0.25) is 9.69 Å². The molecular weight excluding hydrogens is 218 g/mol. The number of para-hydroxylation sites is 1. The van der Waals surface area contributed by atoms with Gasteiger partial charge in [0.15, 0.2) is 0 Å². The molecule has 0 fully saturated rings. The molecule has 0 bridgehead atoms. The summed E-state index contributed by atoms with van der Waals surface area (Å²) in [7, 11) is 3.53. The molecule has 0 amide bonds. The summed E-state index contributed by atoms with van der Waals surface area (Å²) in [6, 6.07) is 7.03. The van der Waals surface area contributed by atoms with Crippen molar-refractivity contribution in [2.45, 2.75) is 19.4 Å². The third kappa shape index (κ3) is 3.75. The highest BCUT2D eigenvalue weighted by Crippen LogP contribution is 2.20. The van der Waals surface area contributed by atoms with Gasteiger partial charge in [-0.05, 0) is 32.6 Å². The van der Waals surface area contributed by atoms with E-state index in [2.05, 4.69) is 0 Å². The number of aliphatic carboxylic acids is 1. The maximum Gasteiger partial charge on any atom is 0.321 e. The van der Waals surface area contributed by atoms with Gasteiger partial charge in [-0.1, -0.05) is 18.2 Å². The van der Waals surface area contributed by atoms with Crippen molar-refractivity contribution < 1.29 is 14.6 Å². The van der Waals surface area contributed by atoms with Crippen LogP contribution in [0.2, 0.25) is 0 Å². The smallest absolute Gasteiger partial charge is 0.321 e. The molecular formula is C13H19NO3. The van der Waals surface area contributed by atoms with Crippen molar-refractivity contribution in [3.05, 3.63) is 29.8 Å². The summed E-state index contributed by atoms with van der Waals surface area (Å²) >= 11 is 0. The highest BCUT2D eigenvalue weighted by Gasteiger charge is 2.21. The van der Waals surface area contributed by atoms with Crippen LogP contribution in [0.15, 0.2) is 24.3 Å². The molecule has 1 aromatic carbocycles. The van der Waals surface area contributed by atoms with Gasteiger partial charge in [0.2, 0.25) is 0 Å². The Morgan fingerprint density at radius 1 is 1.41 bits per heavy atom. The molecule has 0 spiro atoms. The van der Waals surface area contributed by atoms with Crippen molar-refractivity contribution in [1.82, 2.24) is 4.90 Å². The minimum Gasteiger partial charge on any atom is -0.494 e. The van der Waals surface area contributed by atoms with E-state index < -0.39 is 12.0 Å². The van der Waals surface area contributed by atoms with E-state index in [1.165, 1.54) is 0 Å². The van der Waals surface area contributed by atoms with Gasteiger partial charge >= 0.3 is 5.97 Å². The van der Waals surface area contributed by atoms with Crippen LogP contribution >= 0.6 is 0 Å². The quantitative estimate of drug-likeness (QED) is 0.817. The van der Waals surface area contributed by atoms with Gasteiger partial charge in [0.05, 0.1) is 6.61 Å². The lowest BCUT2D eigenvalue weighted by molar-refractivity contribution is -0.142. The van der Waals surface area contributed by atoms with Crippen molar-refractivity contribution in [2.75, 3.05) is 20.7 Å². The Labute approximate surface area is 102 Å². The number of benzene rings is 1. The van der Waals surface area contributed by atoms with Crippen LogP contribution in [-0.4, -0.2) is 42.7 Å².